The lowest BCUT2D eigenvalue weighted by Crippen LogP contribution is -2.32. The molecule has 0 aliphatic rings. The van der Waals surface area contributed by atoms with Crippen molar-refractivity contribution in [2.75, 3.05) is 6.54 Å². The number of amides is 1. The minimum atomic E-state index is -0.251. The van der Waals surface area contributed by atoms with Crippen molar-refractivity contribution in [3.8, 4) is 0 Å². The second-order valence-electron chi connectivity index (χ2n) is 7.87. The van der Waals surface area contributed by atoms with Gasteiger partial charge in [-0.05, 0) is 54.8 Å². The number of nitrogens with two attached hydrogens (primary N) is 1. The Morgan fingerprint density at radius 1 is 0.941 bits per heavy atom. The lowest BCUT2D eigenvalue weighted by atomic mass is 9.98. The van der Waals surface area contributed by atoms with Gasteiger partial charge in [-0.3, -0.25) is 4.79 Å². The summed E-state index contributed by atoms with van der Waals surface area (Å²) < 4.78 is 3.01. The summed E-state index contributed by atoms with van der Waals surface area (Å²) >= 11 is 4.94. The van der Waals surface area contributed by atoms with Crippen molar-refractivity contribution in [2.24, 2.45) is 10.7 Å². The zero-order valence-corrected chi connectivity index (χ0v) is 21.1. The Hall–Kier alpha value is -3.00. The molecule has 0 fully saturated rings. The number of rotatable bonds is 9. The molecule has 7 heteroatoms. The third-order valence-electron chi connectivity index (χ3n) is 5.46. The normalized spacial score (nSPS) is 11.7. The highest BCUT2D eigenvalue weighted by Crippen LogP contribution is 2.23. The molecular weight excluding hydrogens is 508 g/mol. The Kier molecular flexibility index (Phi) is 8.46. The van der Waals surface area contributed by atoms with E-state index in [1.807, 2.05) is 94.9 Å². The Morgan fingerprint density at radius 2 is 1.56 bits per heavy atom. The molecule has 1 aromatic heterocycles. The van der Waals surface area contributed by atoms with Crippen LogP contribution in [-0.4, -0.2) is 17.0 Å². The zero-order valence-electron chi connectivity index (χ0n) is 18.7. The van der Waals surface area contributed by atoms with E-state index in [9.17, 15) is 4.79 Å². The quantitative estimate of drug-likeness (QED) is 0.266. The molecule has 0 saturated heterocycles. The van der Waals surface area contributed by atoms with E-state index in [1.54, 1.807) is 0 Å². The number of thiazole rings is 1. The van der Waals surface area contributed by atoms with Crippen LogP contribution in [-0.2, 0) is 6.54 Å². The number of hydrogen-bond donors (Lipinski definition) is 2. The number of unbranched alkanes of at least 4 members (excludes halogenated alkanes) is 1. The zero-order chi connectivity index (χ0) is 23.8. The number of carbonyl (C=O) groups excluding carboxylic acids is 1. The van der Waals surface area contributed by atoms with E-state index in [0.717, 1.165) is 38.9 Å². The van der Waals surface area contributed by atoms with Crippen LogP contribution in [0.4, 0.5) is 5.69 Å². The van der Waals surface area contributed by atoms with Gasteiger partial charge < -0.3 is 15.6 Å². The molecule has 0 spiro atoms. The number of halogens is 1. The molecule has 5 nitrogen and oxygen atoms in total. The van der Waals surface area contributed by atoms with Crippen molar-refractivity contribution in [3.05, 3.63) is 116 Å². The maximum Gasteiger partial charge on any atom is 0.269 e. The van der Waals surface area contributed by atoms with Crippen LogP contribution < -0.4 is 15.9 Å². The standard InChI is InChI=1S/C27H27BrN4OS/c28-22-13-15-23(16-14-22)30-27-32(18-8-7-17-29)24(19-34-27)26(33)31-25(20-9-3-1-4-10-20)21-11-5-2-6-12-21/h1-6,9-16,19,25H,7-8,17-18,29H2,(H,31,33). The van der Waals surface area contributed by atoms with Crippen LogP contribution in [0.1, 0.15) is 40.5 Å². The first-order valence-corrected chi connectivity index (χ1v) is 12.9. The molecule has 0 saturated carbocycles. The van der Waals surface area contributed by atoms with Gasteiger partial charge in [0.05, 0.1) is 11.7 Å². The Bertz CT molecular complexity index is 1230. The molecule has 0 radical (unpaired) electrons. The van der Waals surface area contributed by atoms with Crippen LogP contribution in [0.15, 0.2) is 99.8 Å². The first-order valence-electron chi connectivity index (χ1n) is 11.2. The van der Waals surface area contributed by atoms with Crippen molar-refractivity contribution in [1.82, 2.24) is 9.88 Å². The molecule has 3 N–H and O–H groups in total. The van der Waals surface area contributed by atoms with Gasteiger partial charge in [0.1, 0.15) is 5.69 Å². The van der Waals surface area contributed by atoms with E-state index in [4.69, 9.17) is 10.7 Å². The molecule has 0 bridgehead atoms. The molecule has 0 aliphatic carbocycles. The number of nitrogens with zero attached hydrogens (tertiary/aromatic N) is 2. The monoisotopic (exact) mass is 534 g/mol. The molecular formula is C27H27BrN4OS. The summed E-state index contributed by atoms with van der Waals surface area (Å²) in [5, 5.41) is 5.15. The number of benzene rings is 3. The summed E-state index contributed by atoms with van der Waals surface area (Å²) in [7, 11) is 0. The third kappa shape index (κ3) is 6.11. The first kappa shape index (κ1) is 24.1. The molecule has 0 aliphatic heterocycles. The molecule has 0 atom stereocenters. The topological polar surface area (TPSA) is 72.4 Å². The number of nitrogens with one attached hydrogen (secondary N) is 1. The average Bonchev–Trinajstić information content (AvgIpc) is 3.27. The van der Waals surface area contributed by atoms with Gasteiger partial charge in [0.2, 0.25) is 0 Å². The third-order valence-corrected chi connectivity index (χ3v) is 6.85. The predicted octanol–water partition coefficient (Wildman–Crippen LogP) is 5.80. The van der Waals surface area contributed by atoms with Gasteiger partial charge in [0.15, 0.2) is 4.80 Å². The van der Waals surface area contributed by atoms with E-state index in [-0.39, 0.29) is 11.9 Å². The molecule has 3 aromatic carbocycles. The van der Waals surface area contributed by atoms with Crippen LogP contribution in [0.2, 0.25) is 0 Å². The van der Waals surface area contributed by atoms with E-state index in [2.05, 4.69) is 21.2 Å². The number of carbonyl (C=O) groups is 1. The van der Waals surface area contributed by atoms with Gasteiger partial charge in [-0.2, -0.15) is 0 Å². The van der Waals surface area contributed by atoms with Gasteiger partial charge in [0.25, 0.3) is 5.91 Å². The van der Waals surface area contributed by atoms with Crippen LogP contribution in [0.5, 0.6) is 0 Å². The van der Waals surface area contributed by atoms with Crippen molar-refractivity contribution >= 4 is 38.9 Å². The van der Waals surface area contributed by atoms with Crippen LogP contribution in [0.25, 0.3) is 0 Å². The largest absolute Gasteiger partial charge is 0.340 e. The fraction of sp³-hybridized carbons (Fsp3) is 0.185. The van der Waals surface area contributed by atoms with Gasteiger partial charge >= 0.3 is 0 Å². The molecule has 1 amide bonds. The highest BCUT2D eigenvalue weighted by atomic mass is 79.9. The Labute approximate surface area is 212 Å². The van der Waals surface area contributed by atoms with E-state index >= 15 is 0 Å². The fourth-order valence-electron chi connectivity index (χ4n) is 3.71. The fourth-order valence-corrected chi connectivity index (χ4v) is 4.90. The molecule has 4 aromatic rings. The second-order valence-corrected chi connectivity index (χ2v) is 9.62. The average molecular weight is 536 g/mol. The van der Waals surface area contributed by atoms with Crippen molar-refractivity contribution < 1.29 is 4.79 Å². The maximum atomic E-state index is 13.6. The van der Waals surface area contributed by atoms with Gasteiger partial charge in [0, 0.05) is 16.4 Å². The van der Waals surface area contributed by atoms with Crippen LogP contribution in [0, 0.1) is 0 Å². The first-order chi connectivity index (χ1) is 16.7. The summed E-state index contributed by atoms with van der Waals surface area (Å²) in [5.74, 6) is -0.126. The minimum Gasteiger partial charge on any atom is -0.340 e. The van der Waals surface area contributed by atoms with E-state index in [1.165, 1.54) is 11.3 Å². The number of aromatic nitrogens is 1. The lowest BCUT2D eigenvalue weighted by Gasteiger charge is -2.20. The summed E-state index contributed by atoms with van der Waals surface area (Å²) in [6, 6.07) is 27.6. The smallest absolute Gasteiger partial charge is 0.269 e. The van der Waals surface area contributed by atoms with Crippen molar-refractivity contribution in [2.45, 2.75) is 25.4 Å². The second kappa shape index (κ2) is 11.9. The molecule has 34 heavy (non-hydrogen) atoms. The van der Waals surface area contributed by atoms with Gasteiger partial charge in [-0.15, -0.1) is 11.3 Å². The van der Waals surface area contributed by atoms with Crippen LogP contribution in [0.3, 0.4) is 0 Å². The summed E-state index contributed by atoms with van der Waals surface area (Å²) in [5.41, 5.74) is 9.24. The van der Waals surface area contributed by atoms with Gasteiger partial charge in [-0.1, -0.05) is 76.6 Å². The molecule has 1 heterocycles. The highest BCUT2D eigenvalue weighted by molar-refractivity contribution is 9.10. The predicted molar refractivity (Wildman–Crippen MR) is 142 cm³/mol. The van der Waals surface area contributed by atoms with Crippen molar-refractivity contribution in [1.29, 1.82) is 0 Å². The minimum absolute atomic E-state index is 0.126. The van der Waals surface area contributed by atoms with E-state index < -0.39 is 0 Å². The molecule has 0 unspecified atom stereocenters. The van der Waals surface area contributed by atoms with Crippen molar-refractivity contribution in [3.63, 3.8) is 0 Å². The summed E-state index contributed by atoms with van der Waals surface area (Å²) in [6.07, 6.45) is 1.76. The van der Waals surface area contributed by atoms with Crippen LogP contribution >= 0.6 is 27.3 Å². The summed E-state index contributed by atoms with van der Waals surface area (Å²) in [4.78, 5) is 19.2. The van der Waals surface area contributed by atoms with E-state index in [0.29, 0.717) is 18.8 Å². The molecule has 4 rings (SSSR count). The molecule has 174 valence electrons. The maximum absolute atomic E-state index is 13.6. The highest BCUT2D eigenvalue weighted by Gasteiger charge is 2.20. The Balaban J connectivity index is 1.68. The lowest BCUT2D eigenvalue weighted by molar-refractivity contribution is 0.0933. The summed E-state index contributed by atoms with van der Waals surface area (Å²) in [6.45, 7) is 1.30. The SMILES string of the molecule is NCCCCn1c(C(=O)NC(c2ccccc2)c2ccccc2)csc1=Nc1ccc(Br)cc1. The van der Waals surface area contributed by atoms with Gasteiger partial charge in [-0.25, -0.2) is 4.99 Å². The Morgan fingerprint density at radius 3 is 2.15 bits per heavy atom. The number of hydrogen-bond acceptors (Lipinski definition) is 4.